The predicted molar refractivity (Wildman–Crippen MR) is 212 cm³/mol. The van der Waals surface area contributed by atoms with Gasteiger partial charge in [0.2, 0.25) is 21.8 Å². The first kappa shape index (κ1) is 43.0. The summed E-state index contributed by atoms with van der Waals surface area (Å²) in [6.07, 6.45) is 1.78. The van der Waals surface area contributed by atoms with Crippen molar-refractivity contribution < 1.29 is 50.2 Å². The molecular formula is C41H51ClF3N5O8S. The molecule has 3 fully saturated rings. The second-order valence-corrected chi connectivity index (χ2v) is 20.9. The third kappa shape index (κ3) is 8.60. The molecule has 322 valence electrons. The standard InChI is InChI=1S/C41H51ClF3N5O8S/c1-37(2,3)23-57-36(54)47-29-11-9-7-5-6-8-10-24-14-17-40(24,35(53)49-59(55,56)38(4)18-19-38)48-33(51)30-21-39(22-50(30)34(29)52)16-15-26-27-20-25(42)12-13-28(27)46-32(31(26)58-39)41(43,44)45/h8,10,12-13,20,24,29-30H,5-7,9,11,14-19,21-23H2,1-4H3,(H,47,54)(H,48,51)(H,49,53). The highest BCUT2D eigenvalue weighted by Gasteiger charge is 2.60. The number of halogens is 4. The second kappa shape index (κ2) is 15.4. The molecule has 2 aromatic rings. The number of aryl methyl sites for hydroxylation is 1. The van der Waals surface area contributed by atoms with Gasteiger partial charge in [-0.3, -0.25) is 19.1 Å². The van der Waals surface area contributed by atoms with Crippen molar-refractivity contribution in [3.63, 3.8) is 0 Å². The van der Waals surface area contributed by atoms with Gasteiger partial charge in [-0.2, -0.15) is 13.2 Å². The number of alkyl carbamates (subject to hydrolysis) is 1. The summed E-state index contributed by atoms with van der Waals surface area (Å²) in [5.74, 6) is -3.48. The van der Waals surface area contributed by atoms with E-state index in [-0.39, 0.29) is 66.8 Å². The average Bonchev–Trinajstić information content (AvgIpc) is 3.81. The van der Waals surface area contributed by atoms with Gasteiger partial charge in [0.05, 0.1) is 23.4 Å². The van der Waals surface area contributed by atoms with Gasteiger partial charge >= 0.3 is 12.3 Å². The molecule has 2 saturated carbocycles. The Morgan fingerprint density at radius 1 is 1.08 bits per heavy atom. The largest absolute Gasteiger partial charge is 0.483 e. The van der Waals surface area contributed by atoms with Crippen LogP contribution in [0.5, 0.6) is 5.75 Å². The maximum atomic E-state index is 14.8. The normalized spacial score (nSPS) is 28.5. The Labute approximate surface area is 346 Å². The number of benzene rings is 1. The number of nitrogens with one attached hydrogen (secondary N) is 3. The molecular weight excluding hydrogens is 815 g/mol. The predicted octanol–water partition coefficient (Wildman–Crippen LogP) is 6.50. The number of allylic oxidation sites excluding steroid dienone is 1. The first-order chi connectivity index (χ1) is 27.6. The molecule has 0 radical (unpaired) electrons. The van der Waals surface area contributed by atoms with Gasteiger partial charge in [0.15, 0.2) is 11.4 Å². The van der Waals surface area contributed by atoms with Gasteiger partial charge in [0.25, 0.3) is 5.91 Å². The molecule has 13 nitrogen and oxygen atoms in total. The quantitative estimate of drug-likeness (QED) is 0.284. The highest BCUT2D eigenvalue weighted by Crippen LogP contribution is 2.49. The topological polar surface area (TPSA) is 173 Å². The minimum atomic E-state index is -4.93. The van der Waals surface area contributed by atoms with E-state index in [1.54, 1.807) is 0 Å². The van der Waals surface area contributed by atoms with Crippen LogP contribution in [-0.4, -0.2) is 83.2 Å². The van der Waals surface area contributed by atoms with Gasteiger partial charge in [0.1, 0.15) is 23.2 Å². The first-order valence-electron chi connectivity index (χ1n) is 20.2. The van der Waals surface area contributed by atoms with Gasteiger partial charge < -0.3 is 25.0 Å². The van der Waals surface area contributed by atoms with Crippen LogP contribution in [0.1, 0.15) is 110 Å². The van der Waals surface area contributed by atoms with Crippen LogP contribution in [0.25, 0.3) is 10.9 Å². The number of pyridine rings is 1. The number of carbonyl (C=O) groups is 4. The summed E-state index contributed by atoms with van der Waals surface area (Å²) >= 11 is 6.26. The number of amides is 4. The molecule has 1 aromatic carbocycles. The Morgan fingerprint density at radius 3 is 2.49 bits per heavy atom. The minimum absolute atomic E-state index is 0.0484. The van der Waals surface area contributed by atoms with E-state index >= 15 is 0 Å². The molecule has 0 bridgehead atoms. The van der Waals surface area contributed by atoms with E-state index in [1.807, 2.05) is 32.9 Å². The van der Waals surface area contributed by atoms with E-state index in [9.17, 15) is 40.8 Å². The molecule has 18 heteroatoms. The lowest BCUT2D eigenvalue weighted by Crippen LogP contribution is -2.70. The number of aromatic nitrogens is 1. The van der Waals surface area contributed by atoms with E-state index in [4.69, 9.17) is 21.1 Å². The Hall–Kier alpha value is -4.12. The molecule has 2 aliphatic carbocycles. The number of hydrogen-bond acceptors (Lipinski definition) is 9. The number of ether oxygens (including phenoxy) is 2. The van der Waals surface area contributed by atoms with E-state index in [2.05, 4.69) is 20.3 Å². The lowest BCUT2D eigenvalue weighted by atomic mass is 9.65. The molecule has 5 unspecified atom stereocenters. The zero-order valence-corrected chi connectivity index (χ0v) is 35.2. The molecule has 7 rings (SSSR count). The first-order valence-corrected chi connectivity index (χ1v) is 22.1. The highest BCUT2D eigenvalue weighted by atomic mass is 35.5. The van der Waals surface area contributed by atoms with Crippen molar-refractivity contribution in [1.29, 1.82) is 0 Å². The molecule has 1 spiro atoms. The van der Waals surface area contributed by atoms with E-state index in [1.165, 1.54) is 30.0 Å². The van der Waals surface area contributed by atoms with Crippen molar-refractivity contribution in [3.05, 3.63) is 46.6 Å². The van der Waals surface area contributed by atoms with Gasteiger partial charge in [0, 0.05) is 28.3 Å². The molecule has 3 N–H and O–H groups in total. The van der Waals surface area contributed by atoms with Crippen LogP contribution in [0.15, 0.2) is 30.4 Å². The number of hydrogen-bond donors (Lipinski definition) is 3. The number of fused-ring (bicyclic) bond motifs is 5. The summed E-state index contributed by atoms with van der Waals surface area (Å²) in [5.41, 5.74) is -4.55. The minimum Gasteiger partial charge on any atom is -0.483 e. The fraction of sp³-hybridized carbons (Fsp3) is 0.634. The zero-order valence-electron chi connectivity index (χ0n) is 33.6. The fourth-order valence-electron chi connectivity index (χ4n) is 8.53. The van der Waals surface area contributed by atoms with Crippen molar-refractivity contribution in [2.24, 2.45) is 11.3 Å². The number of alkyl halides is 3. The summed E-state index contributed by atoms with van der Waals surface area (Å²) in [5, 5.41) is 6.20. The molecule has 1 aromatic heterocycles. The van der Waals surface area contributed by atoms with Crippen molar-refractivity contribution in [2.75, 3.05) is 13.2 Å². The molecule has 5 atom stereocenters. The maximum absolute atomic E-state index is 14.8. The van der Waals surface area contributed by atoms with Crippen LogP contribution < -0.4 is 20.1 Å². The number of sulfonamides is 1. The Morgan fingerprint density at radius 2 is 1.83 bits per heavy atom. The summed E-state index contributed by atoms with van der Waals surface area (Å²) < 4.78 is 83.7. The third-order valence-electron chi connectivity index (χ3n) is 12.4. The summed E-state index contributed by atoms with van der Waals surface area (Å²) in [7, 11) is -4.11. The molecule has 4 amide bonds. The van der Waals surface area contributed by atoms with Crippen LogP contribution in [0.3, 0.4) is 0 Å². The van der Waals surface area contributed by atoms with Crippen LogP contribution in [0, 0.1) is 11.3 Å². The van der Waals surface area contributed by atoms with Crippen LogP contribution in [0.4, 0.5) is 18.0 Å². The summed E-state index contributed by atoms with van der Waals surface area (Å²) in [6.45, 7) is 6.87. The van der Waals surface area contributed by atoms with E-state index in [0.717, 1.165) is 0 Å². The fourth-order valence-corrected chi connectivity index (χ4v) is 10.0. The Bertz CT molecular complexity index is 2190. The lowest BCUT2D eigenvalue weighted by Gasteiger charge is -2.48. The van der Waals surface area contributed by atoms with Gasteiger partial charge in [-0.15, -0.1) is 0 Å². The molecule has 3 aliphatic heterocycles. The maximum Gasteiger partial charge on any atom is 0.437 e. The van der Waals surface area contributed by atoms with Crippen molar-refractivity contribution in [2.45, 2.75) is 139 Å². The molecule has 4 heterocycles. The zero-order chi connectivity index (χ0) is 42.8. The SMILES string of the molecule is CC(C)(C)COC(=O)NC1CCCCCC=CC2CCC2(C(=O)NS(=O)(=O)C2(C)CC2)NC(=O)C2CC3(CCc4c(c(C(F)(F)F)nc5ccc(Cl)cc45)O3)CN2C1=O. The number of rotatable bonds is 5. The number of nitrogens with zero attached hydrogens (tertiary/aromatic N) is 2. The van der Waals surface area contributed by atoms with E-state index < -0.39 is 85.3 Å². The van der Waals surface area contributed by atoms with Crippen molar-refractivity contribution in [1.82, 2.24) is 25.2 Å². The third-order valence-corrected chi connectivity index (χ3v) is 14.8. The van der Waals surface area contributed by atoms with Gasteiger partial charge in [-0.05, 0) is 88.3 Å². The Kier molecular flexibility index (Phi) is 11.2. The monoisotopic (exact) mass is 865 g/mol. The van der Waals surface area contributed by atoms with Crippen LogP contribution >= 0.6 is 11.6 Å². The average molecular weight is 866 g/mol. The van der Waals surface area contributed by atoms with E-state index in [0.29, 0.717) is 50.3 Å². The van der Waals surface area contributed by atoms with Crippen molar-refractivity contribution in [3.8, 4) is 5.75 Å². The smallest absolute Gasteiger partial charge is 0.437 e. The Balaban J connectivity index is 1.27. The lowest BCUT2D eigenvalue weighted by molar-refractivity contribution is -0.145. The molecule has 59 heavy (non-hydrogen) atoms. The highest BCUT2D eigenvalue weighted by molar-refractivity contribution is 7.91. The summed E-state index contributed by atoms with van der Waals surface area (Å²) in [4.78, 5) is 62.0. The molecule has 5 aliphatic rings. The van der Waals surface area contributed by atoms with Crippen LogP contribution in [0.2, 0.25) is 5.02 Å². The number of carbonyl (C=O) groups excluding carboxylic acids is 4. The van der Waals surface area contributed by atoms with Crippen molar-refractivity contribution >= 4 is 56.3 Å². The second-order valence-electron chi connectivity index (χ2n) is 18.3. The van der Waals surface area contributed by atoms with Gasteiger partial charge in [-0.25, -0.2) is 18.2 Å². The molecule has 1 saturated heterocycles. The summed E-state index contributed by atoms with van der Waals surface area (Å²) in [6, 6.07) is 1.79. The van der Waals surface area contributed by atoms with Gasteiger partial charge in [-0.1, -0.05) is 57.4 Å². The van der Waals surface area contributed by atoms with Crippen LogP contribution in [-0.2, 0) is 41.7 Å².